The van der Waals surface area contributed by atoms with Crippen molar-refractivity contribution in [3.05, 3.63) is 41.3 Å². The van der Waals surface area contributed by atoms with E-state index >= 15 is 0 Å². The van der Waals surface area contributed by atoms with Crippen LogP contribution in [0.1, 0.15) is 24.8 Å². The number of hydrogen-bond acceptors (Lipinski definition) is 3. The Hall–Kier alpha value is -1.17. The molecule has 1 atom stereocenters. The monoisotopic (exact) mass is 280 g/mol. The first-order valence-corrected chi connectivity index (χ1v) is 8.16. The third kappa shape index (κ3) is 5.14. The van der Waals surface area contributed by atoms with E-state index in [-0.39, 0.29) is 0 Å². The van der Waals surface area contributed by atoms with Crippen molar-refractivity contribution in [2.24, 2.45) is 0 Å². The van der Waals surface area contributed by atoms with Crippen molar-refractivity contribution in [2.45, 2.75) is 25.3 Å². The topological polar surface area (TPSA) is 58.2 Å². The Bertz CT molecular complexity index is 506. The summed E-state index contributed by atoms with van der Waals surface area (Å²) in [4.78, 5) is 0. The normalized spacial score (nSPS) is 20.1. The predicted molar refractivity (Wildman–Crippen MR) is 78.0 cm³/mol. The second-order valence-corrected chi connectivity index (χ2v) is 6.39. The van der Waals surface area contributed by atoms with Gasteiger partial charge in [-0.2, -0.15) is 0 Å². The Morgan fingerprint density at radius 1 is 1.32 bits per heavy atom. The number of rotatable bonds is 6. The largest absolute Gasteiger partial charge is 0.314 e. The Labute approximate surface area is 115 Å². The molecule has 0 spiro atoms. The van der Waals surface area contributed by atoms with Gasteiger partial charge in [0.25, 0.3) is 0 Å². The van der Waals surface area contributed by atoms with E-state index in [4.69, 9.17) is 0 Å². The minimum Gasteiger partial charge on any atom is -0.314 e. The highest BCUT2D eigenvalue weighted by atomic mass is 32.2. The maximum Gasteiger partial charge on any atom is 0.233 e. The molecule has 1 unspecified atom stereocenters. The van der Waals surface area contributed by atoms with Crippen LogP contribution in [-0.2, 0) is 10.0 Å². The molecule has 2 N–H and O–H groups in total. The zero-order valence-corrected chi connectivity index (χ0v) is 11.7. The molecule has 5 heteroatoms. The Kier molecular flexibility index (Phi) is 5.13. The average Bonchev–Trinajstić information content (AvgIpc) is 2.91. The quantitative estimate of drug-likeness (QED) is 0.834. The lowest BCUT2D eigenvalue weighted by atomic mass is 10.2. The zero-order chi connectivity index (χ0) is 13.6. The minimum atomic E-state index is -3.33. The highest BCUT2D eigenvalue weighted by Gasteiger charge is 2.14. The van der Waals surface area contributed by atoms with Crippen LogP contribution in [0.15, 0.2) is 35.7 Å². The molecule has 19 heavy (non-hydrogen) atoms. The lowest BCUT2D eigenvalue weighted by Crippen LogP contribution is -2.29. The van der Waals surface area contributed by atoms with E-state index in [9.17, 15) is 8.42 Å². The minimum absolute atomic E-state index is 0.459. The van der Waals surface area contributed by atoms with Crippen molar-refractivity contribution in [1.82, 2.24) is 10.0 Å². The molecule has 1 aromatic rings. The fraction of sp³-hybridized carbons (Fsp3) is 0.429. The molecule has 4 nitrogen and oxygen atoms in total. The summed E-state index contributed by atoms with van der Waals surface area (Å²) in [7, 11) is -3.33. The van der Waals surface area contributed by atoms with Crippen LogP contribution >= 0.6 is 0 Å². The number of benzene rings is 1. The predicted octanol–water partition coefficient (Wildman–Crippen LogP) is 1.72. The van der Waals surface area contributed by atoms with Crippen LogP contribution in [0.2, 0.25) is 0 Å². The van der Waals surface area contributed by atoms with Crippen molar-refractivity contribution < 1.29 is 8.42 Å². The second-order valence-electron chi connectivity index (χ2n) is 4.73. The molecule has 0 aliphatic carbocycles. The molecular formula is C14H20N2O2S. The SMILES string of the molecule is O=S(=O)(/C=C/c1ccccc1)NCCC1CCCN1. The molecule has 1 aromatic carbocycles. The Morgan fingerprint density at radius 2 is 2.11 bits per heavy atom. The van der Waals surface area contributed by atoms with Crippen LogP contribution in [0.3, 0.4) is 0 Å². The van der Waals surface area contributed by atoms with Crippen molar-refractivity contribution in [3.8, 4) is 0 Å². The molecule has 1 heterocycles. The molecular weight excluding hydrogens is 260 g/mol. The van der Waals surface area contributed by atoms with E-state index in [0.29, 0.717) is 12.6 Å². The van der Waals surface area contributed by atoms with Gasteiger partial charge < -0.3 is 5.32 Å². The van der Waals surface area contributed by atoms with Gasteiger partial charge in [0.05, 0.1) is 0 Å². The summed E-state index contributed by atoms with van der Waals surface area (Å²) >= 11 is 0. The van der Waals surface area contributed by atoms with E-state index < -0.39 is 10.0 Å². The molecule has 104 valence electrons. The van der Waals surface area contributed by atoms with Gasteiger partial charge >= 0.3 is 0 Å². The maximum absolute atomic E-state index is 11.8. The molecule has 1 aliphatic heterocycles. The smallest absolute Gasteiger partial charge is 0.233 e. The summed E-state index contributed by atoms with van der Waals surface area (Å²) in [5, 5.41) is 4.57. The van der Waals surface area contributed by atoms with E-state index in [1.54, 1.807) is 6.08 Å². The van der Waals surface area contributed by atoms with Gasteiger partial charge in [0.2, 0.25) is 10.0 Å². The summed E-state index contributed by atoms with van der Waals surface area (Å²) in [6, 6.07) is 9.86. The van der Waals surface area contributed by atoms with Crippen LogP contribution < -0.4 is 10.0 Å². The first-order chi connectivity index (χ1) is 9.16. The van der Waals surface area contributed by atoms with Gasteiger partial charge in [0.15, 0.2) is 0 Å². The fourth-order valence-electron chi connectivity index (χ4n) is 2.16. The fourth-order valence-corrected chi connectivity index (χ4v) is 2.99. The third-order valence-corrected chi connectivity index (χ3v) is 4.30. The van der Waals surface area contributed by atoms with Crippen molar-refractivity contribution in [3.63, 3.8) is 0 Å². The Morgan fingerprint density at radius 3 is 2.79 bits per heavy atom. The van der Waals surface area contributed by atoms with Crippen LogP contribution in [0.4, 0.5) is 0 Å². The van der Waals surface area contributed by atoms with E-state index in [1.165, 1.54) is 11.8 Å². The molecule has 2 rings (SSSR count). The third-order valence-electron chi connectivity index (χ3n) is 3.20. The lowest BCUT2D eigenvalue weighted by molar-refractivity contribution is 0.543. The zero-order valence-electron chi connectivity index (χ0n) is 10.9. The number of sulfonamides is 1. The molecule has 0 radical (unpaired) electrons. The van der Waals surface area contributed by atoms with E-state index in [2.05, 4.69) is 10.0 Å². The summed E-state index contributed by atoms with van der Waals surface area (Å²) in [6.45, 7) is 1.53. The van der Waals surface area contributed by atoms with Crippen molar-refractivity contribution in [2.75, 3.05) is 13.1 Å². The van der Waals surface area contributed by atoms with Gasteiger partial charge in [0.1, 0.15) is 0 Å². The lowest BCUT2D eigenvalue weighted by Gasteiger charge is -2.09. The van der Waals surface area contributed by atoms with Gasteiger partial charge in [-0.05, 0) is 37.4 Å². The van der Waals surface area contributed by atoms with Gasteiger partial charge in [-0.15, -0.1) is 0 Å². The molecule has 0 aromatic heterocycles. The first-order valence-electron chi connectivity index (χ1n) is 6.62. The maximum atomic E-state index is 11.8. The number of hydrogen-bond donors (Lipinski definition) is 2. The molecule has 1 fully saturated rings. The average molecular weight is 280 g/mol. The van der Waals surface area contributed by atoms with E-state index in [0.717, 1.165) is 24.9 Å². The first kappa shape index (κ1) is 14.2. The van der Waals surface area contributed by atoms with Gasteiger partial charge in [-0.3, -0.25) is 0 Å². The van der Waals surface area contributed by atoms with Crippen LogP contribution in [0, 0.1) is 0 Å². The van der Waals surface area contributed by atoms with Crippen LogP contribution in [0.25, 0.3) is 6.08 Å². The second kappa shape index (κ2) is 6.84. The summed E-state index contributed by atoms with van der Waals surface area (Å²) in [5.41, 5.74) is 0.880. The van der Waals surface area contributed by atoms with Crippen LogP contribution in [0.5, 0.6) is 0 Å². The molecule has 0 bridgehead atoms. The molecule has 1 saturated heterocycles. The van der Waals surface area contributed by atoms with Gasteiger partial charge in [-0.1, -0.05) is 30.3 Å². The summed E-state index contributed by atoms with van der Waals surface area (Å²) in [6.07, 6.45) is 4.78. The standard InChI is InChI=1S/C14H20N2O2S/c17-19(18,12-9-13-5-2-1-3-6-13)16-11-8-14-7-4-10-15-14/h1-3,5-6,9,12,14-16H,4,7-8,10-11H2/b12-9+. The highest BCUT2D eigenvalue weighted by molar-refractivity contribution is 7.92. The molecule has 0 amide bonds. The summed E-state index contributed by atoms with van der Waals surface area (Å²) < 4.78 is 26.1. The van der Waals surface area contributed by atoms with Crippen molar-refractivity contribution >= 4 is 16.1 Å². The van der Waals surface area contributed by atoms with Gasteiger partial charge in [-0.25, -0.2) is 13.1 Å². The summed E-state index contributed by atoms with van der Waals surface area (Å²) in [5.74, 6) is 0. The Balaban J connectivity index is 1.79. The highest BCUT2D eigenvalue weighted by Crippen LogP contribution is 2.08. The number of nitrogens with one attached hydrogen (secondary N) is 2. The molecule has 0 saturated carbocycles. The van der Waals surface area contributed by atoms with Crippen LogP contribution in [-0.4, -0.2) is 27.5 Å². The van der Waals surface area contributed by atoms with Gasteiger partial charge in [0, 0.05) is 18.0 Å². The van der Waals surface area contributed by atoms with Crippen molar-refractivity contribution in [1.29, 1.82) is 0 Å². The molecule has 1 aliphatic rings. The van der Waals surface area contributed by atoms with E-state index in [1.807, 2.05) is 30.3 Å².